The fourth-order valence-corrected chi connectivity index (χ4v) is 1.71. The number of amides is 2. The molecule has 0 aliphatic carbocycles. The molecule has 6 heteroatoms. The lowest BCUT2D eigenvalue weighted by molar-refractivity contribution is -0.137. The van der Waals surface area contributed by atoms with Gasteiger partial charge in [0, 0.05) is 6.04 Å². The van der Waals surface area contributed by atoms with Gasteiger partial charge in [0.2, 0.25) is 0 Å². The third kappa shape index (κ3) is 5.18. The van der Waals surface area contributed by atoms with Gasteiger partial charge in [-0.05, 0) is 18.1 Å². The molecule has 0 bridgehead atoms. The highest BCUT2D eigenvalue weighted by atomic mass is 35.5. The fraction of sp³-hybridized carbons (Fsp3) is 0.385. The first kappa shape index (κ1) is 15.3. The Labute approximate surface area is 117 Å². The van der Waals surface area contributed by atoms with Gasteiger partial charge >= 0.3 is 12.0 Å². The summed E-state index contributed by atoms with van der Waals surface area (Å²) in [5.74, 6) is -0.926. The van der Waals surface area contributed by atoms with Crippen LogP contribution in [0, 0.1) is 5.92 Å². The molecule has 0 spiro atoms. The van der Waals surface area contributed by atoms with Crippen LogP contribution in [-0.2, 0) is 4.79 Å². The molecule has 0 radical (unpaired) electrons. The molecule has 19 heavy (non-hydrogen) atoms. The summed E-state index contributed by atoms with van der Waals surface area (Å²) in [6.07, 6.45) is -0.117. The monoisotopic (exact) mass is 284 g/mol. The molecule has 0 aromatic heterocycles. The number of aliphatic carboxylic acids is 1. The first-order chi connectivity index (χ1) is 8.90. The molecule has 5 nitrogen and oxygen atoms in total. The van der Waals surface area contributed by atoms with Crippen molar-refractivity contribution in [1.29, 1.82) is 0 Å². The van der Waals surface area contributed by atoms with Crippen LogP contribution in [0.3, 0.4) is 0 Å². The summed E-state index contributed by atoms with van der Waals surface area (Å²) in [5, 5.41) is 14.4. The largest absolute Gasteiger partial charge is 0.481 e. The summed E-state index contributed by atoms with van der Waals surface area (Å²) in [4.78, 5) is 22.5. The quantitative estimate of drug-likeness (QED) is 0.778. The van der Waals surface area contributed by atoms with E-state index in [1.54, 1.807) is 24.3 Å². The maximum atomic E-state index is 11.8. The van der Waals surface area contributed by atoms with Gasteiger partial charge in [0.1, 0.15) is 0 Å². The molecule has 0 saturated heterocycles. The lowest BCUT2D eigenvalue weighted by atomic mass is 10.0. The molecule has 1 aromatic rings. The summed E-state index contributed by atoms with van der Waals surface area (Å²) < 4.78 is 0. The molecule has 0 aliphatic rings. The van der Waals surface area contributed by atoms with Crippen LogP contribution >= 0.6 is 11.6 Å². The number of carboxylic acids is 1. The number of carbonyl (C=O) groups is 2. The third-order valence-corrected chi connectivity index (χ3v) is 2.97. The molecule has 2 amide bonds. The predicted molar refractivity (Wildman–Crippen MR) is 74.5 cm³/mol. The molecule has 1 rings (SSSR count). The van der Waals surface area contributed by atoms with Crippen LogP contribution < -0.4 is 10.6 Å². The van der Waals surface area contributed by atoms with Crippen LogP contribution in [0.1, 0.15) is 20.3 Å². The van der Waals surface area contributed by atoms with Gasteiger partial charge in [0.25, 0.3) is 0 Å². The molecular weight excluding hydrogens is 268 g/mol. The smallest absolute Gasteiger partial charge is 0.319 e. The van der Waals surface area contributed by atoms with Crippen LogP contribution in [0.4, 0.5) is 10.5 Å². The maximum absolute atomic E-state index is 11.8. The highest BCUT2D eigenvalue weighted by molar-refractivity contribution is 6.33. The number of carbonyl (C=O) groups excluding carboxylic acids is 1. The van der Waals surface area contributed by atoms with E-state index < -0.39 is 18.0 Å². The average molecular weight is 285 g/mol. The highest BCUT2D eigenvalue weighted by Gasteiger charge is 2.19. The summed E-state index contributed by atoms with van der Waals surface area (Å²) in [5.41, 5.74) is 0.486. The number of hydrogen-bond donors (Lipinski definition) is 3. The second-order valence-electron chi connectivity index (χ2n) is 4.53. The van der Waals surface area contributed by atoms with Gasteiger partial charge in [-0.15, -0.1) is 0 Å². The zero-order valence-corrected chi connectivity index (χ0v) is 11.6. The molecule has 0 saturated carbocycles. The minimum Gasteiger partial charge on any atom is -0.481 e. The number of anilines is 1. The lowest BCUT2D eigenvalue weighted by Gasteiger charge is -2.21. The zero-order valence-electron chi connectivity index (χ0n) is 10.8. The Morgan fingerprint density at radius 3 is 2.47 bits per heavy atom. The van der Waals surface area contributed by atoms with Crippen molar-refractivity contribution in [3.63, 3.8) is 0 Å². The van der Waals surface area contributed by atoms with Gasteiger partial charge in [-0.1, -0.05) is 37.6 Å². The molecule has 1 unspecified atom stereocenters. The van der Waals surface area contributed by atoms with Crippen LogP contribution in [-0.4, -0.2) is 23.1 Å². The SMILES string of the molecule is CC(C)C(CC(=O)O)NC(=O)Nc1ccccc1Cl. The molecule has 104 valence electrons. The van der Waals surface area contributed by atoms with Gasteiger partial charge in [0.15, 0.2) is 0 Å². The van der Waals surface area contributed by atoms with Crippen molar-refractivity contribution in [2.24, 2.45) is 5.92 Å². The van der Waals surface area contributed by atoms with Gasteiger partial charge in [-0.25, -0.2) is 4.79 Å². The maximum Gasteiger partial charge on any atom is 0.319 e. The zero-order chi connectivity index (χ0) is 14.4. The number of rotatable bonds is 5. The van der Waals surface area contributed by atoms with E-state index in [1.807, 2.05) is 13.8 Å². The lowest BCUT2D eigenvalue weighted by Crippen LogP contribution is -2.42. The topological polar surface area (TPSA) is 78.4 Å². The van der Waals surface area contributed by atoms with E-state index in [2.05, 4.69) is 10.6 Å². The van der Waals surface area contributed by atoms with Crippen molar-refractivity contribution in [3.05, 3.63) is 29.3 Å². The average Bonchev–Trinajstić information content (AvgIpc) is 2.30. The molecular formula is C13H17ClN2O3. The van der Waals surface area contributed by atoms with Crippen molar-refractivity contribution < 1.29 is 14.7 Å². The van der Waals surface area contributed by atoms with Gasteiger partial charge in [0.05, 0.1) is 17.1 Å². The van der Waals surface area contributed by atoms with Crippen LogP contribution in [0.2, 0.25) is 5.02 Å². The van der Waals surface area contributed by atoms with Gasteiger partial charge in [-0.3, -0.25) is 4.79 Å². The Kier molecular flexibility index (Phi) is 5.63. The number of para-hydroxylation sites is 1. The van der Waals surface area contributed by atoms with Crippen LogP contribution in [0.15, 0.2) is 24.3 Å². The Morgan fingerprint density at radius 2 is 1.95 bits per heavy atom. The highest BCUT2D eigenvalue weighted by Crippen LogP contribution is 2.20. The minimum atomic E-state index is -0.947. The second-order valence-corrected chi connectivity index (χ2v) is 4.93. The summed E-state index contributed by atoms with van der Waals surface area (Å²) in [6.45, 7) is 3.70. The normalized spacial score (nSPS) is 12.0. The number of benzene rings is 1. The van der Waals surface area contributed by atoms with Crippen molar-refractivity contribution in [2.45, 2.75) is 26.3 Å². The van der Waals surface area contributed by atoms with E-state index in [9.17, 15) is 9.59 Å². The van der Waals surface area contributed by atoms with Crippen molar-refractivity contribution in [1.82, 2.24) is 5.32 Å². The van der Waals surface area contributed by atoms with Crippen molar-refractivity contribution >= 4 is 29.3 Å². The summed E-state index contributed by atoms with van der Waals surface area (Å²) in [7, 11) is 0. The first-order valence-electron chi connectivity index (χ1n) is 5.94. The van der Waals surface area contributed by atoms with Gasteiger partial charge < -0.3 is 15.7 Å². The molecule has 0 aliphatic heterocycles. The summed E-state index contributed by atoms with van der Waals surface area (Å²) >= 11 is 5.92. The molecule has 1 aromatic carbocycles. The Balaban J connectivity index is 2.63. The predicted octanol–water partition coefficient (Wildman–Crippen LogP) is 2.96. The number of carboxylic acid groups (broad SMARTS) is 1. The Hall–Kier alpha value is -1.75. The standard InChI is InChI=1S/C13H17ClN2O3/c1-8(2)11(7-12(17)18)16-13(19)15-10-6-4-3-5-9(10)14/h3-6,8,11H,7H2,1-2H3,(H,17,18)(H2,15,16,19). The van der Waals surface area contributed by atoms with Crippen LogP contribution in [0.25, 0.3) is 0 Å². The number of nitrogens with one attached hydrogen (secondary N) is 2. The fourth-order valence-electron chi connectivity index (χ4n) is 1.53. The van der Waals surface area contributed by atoms with E-state index in [1.165, 1.54) is 0 Å². The van der Waals surface area contributed by atoms with E-state index >= 15 is 0 Å². The molecule has 3 N–H and O–H groups in total. The molecule has 0 heterocycles. The van der Waals surface area contributed by atoms with E-state index in [4.69, 9.17) is 16.7 Å². The van der Waals surface area contributed by atoms with E-state index in [0.717, 1.165) is 0 Å². The second kappa shape index (κ2) is 6.99. The van der Waals surface area contributed by atoms with E-state index in [-0.39, 0.29) is 12.3 Å². The summed E-state index contributed by atoms with van der Waals surface area (Å²) in [6, 6.07) is 5.94. The van der Waals surface area contributed by atoms with Crippen molar-refractivity contribution in [3.8, 4) is 0 Å². The molecule has 1 atom stereocenters. The third-order valence-electron chi connectivity index (χ3n) is 2.64. The number of urea groups is 1. The first-order valence-corrected chi connectivity index (χ1v) is 6.31. The van der Waals surface area contributed by atoms with Crippen molar-refractivity contribution in [2.75, 3.05) is 5.32 Å². The molecule has 0 fully saturated rings. The van der Waals surface area contributed by atoms with E-state index in [0.29, 0.717) is 10.7 Å². The number of halogens is 1. The number of hydrogen-bond acceptors (Lipinski definition) is 2. The Morgan fingerprint density at radius 1 is 1.32 bits per heavy atom. The van der Waals surface area contributed by atoms with Gasteiger partial charge in [-0.2, -0.15) is 0 Å². The Bertz CT molecular complexity index is 463. The minimum absolute atomic E-state index is 0.0214. The van der Waals surface area contributed by atoms with Crippen LogP contribution in [0.5, 0.6) is 0 Å².